The van der Waals surface area contributed by atoms with Crippen LogP contribution in [0.2, 0.25) is 0 Å². The number of aryl methyl sites for hydroxylation is 1. The van der Waals surface area contributed by atoms with Crippen LogP contribution in [-0.4, -0.2) is 43.5 Å². The van der Waals surface area contributed by atoms with Crippen molar-refractivity contribution in [2.45, 2.75) is 39.7 Å². The number of carbonyl (C=O) groups is 1. The number of hydrogen-bond donors (Lipinski definition) is 0. The van der Waals surface area contributed by atoms with E-state index in [2.05, 4.69) is 31.7 Å². The summed E-state index contributed by atoms with van der Waals surface area (Å²) in [5.41, 5.74) is 0. The van der Waals surface area contributed by atoms with E-state index in [0.29, 0.717) is 19.2 Å². The normalized spacial score (nSPS) is 12.9. The Balaban J connectivity index is 2.64. The van der Waals surface area contributed by atoms with Crippen LogP contribution in [0, 0.1) is 0 Å². The van der Waals surface area contributed by atoms with Gasteiger partial charge in [0.05, 0.1) is 18.0 Å². The number of thiophene rings is 1. The topological polar surface area (TPSA) is 29.5 Å². The van der Waals surface area contributed by atoms with Crippen LogP contribution < -0.4 is 0 Å². The molecule has 0 aliphatic carbocycles. The fraction of sp³-hybridized carbons (Fsp3) is 0.667. The minimum absolute atomic E-state index is 0.223. The van der Waals surface area contributed by atoms with Gasteiger partial charge in [-0.25, -0.2) is 0 Å². The number of hydrogen-bond acceptors (Lipinski definition) is 4. The Morgan fingerprint density at radius 3 is 2.68 bits per heavy atom. The number of ketones is 1. The van der Waals surface area contributed by atoms with Crippen molar-refractivity contribution in [2.24, 2.45) is 0 Å². The van der Waals surface area contributed by atoms with Crippen molar-refractivity contribution in [1.82, 2.24) is 4.90 Å². The number of nitrogens with zero attached hydrogens (tertiary/aromatic N) is 1. The highest BCUT2D eigenvalue weighted by molar-refractivity contribution is 7.14. The van der Waals surface area contributed by atoms with E-state index in [4.69, 9.17) is 4.74 Å². The van der Waals surface area contributed by atoms with Crippen molar-refractivity contribution in [3.8, 4) is 0 Å². The lowest BCUT2D eigenvalue weighted by Gasteiger charge is -2.27. The molecule has 0 fully saturated rings. The molecule has 19 heavy (non-hydrogen) atoms. The van der Waals surface area contributed by atoms with E-state index in [-0.39, 0.29) is 5.78 Å². The largest absolute Gasteiger partial charge is 0.383 e. The highest BCUT2D eigenvalue weighted by Crippen LogP contribution is 2.18. The predicted molar refractivity (Wildman–Crippen MR) is 81.2 cm³/mol. The molecule has 0 N–H and O–H groups in total. The lowest BCUT2D eigenvalue weighted by atomic mass is 10.2. The fourth-order valence-corrected chi connectivity index (χ4v) is 2.78. The molecular formula is C15H25NO2S. The molecule has 1 heterocycles. The number of ether oxygens (including phenoxy) is 1. The third-order valence-electron chi connectivity index (χ3n) is 3.43. The van der Waals surface area contributed by atoms with Gasteiger partial charge in [0.25, 0.3) is 0 Å². The first-order valence-electron chi connectivity index (χ1n) is 6.97. The molecule has 0 aliphatic heterocycles. The molecule has 0 saturated heterocycles. The zero-order chi connectivity index (χ0) is 14.3. The average molecular weight is 283 g/mol. The van der Waals surface area contributed by atoms with E-state index in [1.165, 1.54) is 4.88 Å². The first-order valence-corrected chi connectivity index (χ1v) is 7.78. The first-order chi connectivity index (χ1) is 9.12. The summed E-state index contributed by atoms with van der Waals surface area (Å²) < 4.78 is 5.13. The molecule has 1 rings (SSSR count). The average Bonchev–Trinajstić information content (AvgIpc) is 2.91. The summed E-state index contributed by atoms with van der Waals surface area (Å²) in [6.45, 7) is 8.39. The van der Waals surface area contributed by atoms with Gasteiger partial charge in [0, 0.05) is 24.6 Å². The van der Waals surface area contributed by atoms with Crippen molar-refractivity contribution >= 4 is 17.1 Å². The van der Waals surface area contributed by atoms with Gasteiger partial charge < -0.3 is 4.74 Å². The number of Topliss-reactive ketones (excluding diaryl/α,β-unsaturated/α-hetero) is 1. The third-order valence-corrected chi connectivity index (χ3v) is 4.70. The van der Waals surface area contributed by atoms with Crippen LogP contribution in [0.5, 0.6) is 0 Å². The summed E-state index contributed by atoms with van der Waals surface area (Å²) in [6.07, 6.45) is 2.04. The summed E-state index contributed by atoms with van der Waals surface area (Å²) in [7, 11) is 1.70. The van der Waals surface area contributed by atoms with Crippen molar-refractivity contribution in [3.05, 3.63) is 21.9 Å². The maximum atomic E-state index is 12.3. The van der Waals surface area contributed by atoms with Crippen molar-refractivity contribution in [1.29, 1.82) is 0 Å². The Kier molecular flexibility index (Phi) is 7.28. The smallest absolute Gasteiger partial charge is 0.186 e. The van der Waals surface area contributed by atoms with Gasteiger partial charge in [-0.1, -0.05) is 13.8 Å². The van der Waals surface area contributed by atoms with Crippen LogP contribution in [0.1, 0.15) is 41.7 Å². The lowest BCUT2D eigenvalue weighted by Crippen LogP contribution is -2.39. The second-order valence-electron chi connectivity index (χ2n) is 4.76. The van der Waals surface area contributed by atoms with Crippen LogP contribution in [-0.2, 0) is 11.2 Å². The monoisotopic (exact) mass is 283 g/mol. The Morgan fingerprint density at radius 1 is 1.42 bits per heavy atom. The predicted octanol–water partition coefficient (Wildman–Crippen LogP) is 3.24. The Labute approximate surface area is 120 Å². The van der Waals surface area contributed by atoms with Gasteiger partial charge in [-0.2, -0.15) is 0 Å². The van der Waals surface area contributed by atoms with Gasteiger partial charge in [0.15, 0.2) is 5.78 Å². The molecule has 1 aromatic heterocycles. The molecule has 108 valence electrons. The van der Waals surface area contributed by atoms with Gasteiger partial charge >= 0.3 is 0 Å². The molecule has 1 unspecified atom stereocenters. The molecule has 1 aromatic rings. The summed E-state index contributed by atoms with van der Waals surface area (Å²) in [5, 5.41) is 0. The molecule has 0 amide bonds. The Bertz CT molecular complexity index is 389. The summed E-state index contributed by atoms with van der Waals surface area (Å²) >= 11 is 1.62. The van der Waals surface area contributed by atoms with Gasteiger partial charge in [-0.05, 0) is 31.9 Å². The molecule has 3 nitrogen and oxygen atoms in total. The van der Waals surface area contributed by atoms with Crippen molar-refractivity contribution < 1.29 is 9.53 Å². The molecule has 0 aliphatic rings. The van der Waals surface area contributed by atoms with Crippen LogP contribution >= 0.6 is 11.3 Å². The Hall–Kier alpha value is -0.710. The highest BCUT2D eigenvalue weighted by atomic mass is 32.1. The first kappa shape index (κ1) is 16.3. The quantitative estimate of drug-likeness (QED) is 0.652. The molecule has 0 saturated carbocycles. The molecule has 0 aromatic carbocycles. The van der Waals surface area contributed by atoms with Gasteiger partial charge in [0.2, 0.25) is 0 Å². The van der Waals surface area contributed by atoms with E-state index in [0.717, 1.165) is 24.3 Å². The third kappa shape index (κ3) is 5.05. The van der Waals surface area contributed by atoms with E-state index in [1.807, 2.05) is 6.07 Å². The zero-order valence-electron chi connectivity index (χ0n) is 12.4. The molecule has 0 spiro atoms. The molecule has 0 bridgehead atoms. The molecule has 4 heteroatoms. The summed E-state index contributed by atoms with van der Waals surface area (Å²) in [5.74, 6) is 0.223. The number of rotatable bonds is 9. The van der Waals surface area contributed by atoms with Crippen LogP contribution in [0.25, 0.3) is 0 Å². The summed E-state index contributed by atoms with van der Waals surface area (Å²) in [6, 6.07) is 4.42. The maximum Gasteiger partial charge on any atom is 0.186 e. The lowest BCUT2D eigenvalue weighted by molar-refractivity contribution is 0.0838. The van der Waals surface area contributed by atoms with Crippen molar-refractivity contribution in [2.75, 3.05) is 26.8 Å². The fourth-order valence-electron chi connectivity index (χ4n) is 1.90. The maximum absolute atomic E-state index is 12.3. The standard InChI is InChI=1S/C15H25NO2S/c1-5-12(3)16(9-10-18-4)11-14(17)15-8-7-13(6-2)19-15/h7-8,12H,5-6,9-11H2,1-4H3. The van der Waals surface area contributed by atoms with Crippen LogP contribution in [0.4, 0.5) is 0 Å². The van der Waals surface area contributed by atoms with Gasteiger partial charge in [0.1, 0.15) is 0 Å². The Morgan fingerprint density at radius 2 is 2.16 bits per heavy atom. The van der Waals surface area contributed by atoms with E-state index < -0.39 is 0 Å². The summed E-state index contributed by atoms with van der Waals surface area (Å²) in [4.78, 5) is 16.7. The van der Waals surface area contributed by atoms with E-state index >= 15 is 0 Å². The second-order valence-corrected chi connectivity index (χ2v) is 5.93. The van der Waals surface area contributed by atoms with Crippen LogP contribution in [0.15, 0.2) is 12.1 Å². The van der Waals surface area contributed by atoms with E-state index in [1.54, 1.807) is 18.4 Å². The van der Waals surface area contributed by atoms with Crippen LogP contribution in [0.3, 0.4) is 0 Å². The number of carbonyl (C=O) groups excluding carboxylic acids is 1. The number of methoxy groups -OCH3 is 1. The van der Waals surface area contributed by atoms with Crippen molar-refractivity contribution in [3.63, 3.8) is 0 Å². The minimum atomic E-state index is 0.223. The highest BCUT2D eigenvalue weighted by Gasteiger charge is 2.17. The minimum Gasteiger partial charge on any atom is -0.383 e. The molecule has 0 radical (unpaired) electrons. The SMILES string of the molecule is CCc1ccc(C(=O)CN(CCOC)C(C)CC)s1. The zero-order valence-corrected chi connectivity index (χ0v) is 13.3. The molecular weight excluding hydrogens is 258 g/mol. The van der Waals surface area contributed by atoms with Gasteiger partial charge in [-0.3, -0.25) is 9.69 Å². The molecule has 1 atom stereocenters. The van der Waals surface area contributed by atoms with Gasteiger partial charge in [-0.15, -0.1) is 11.3 Å². The second kappa shape index (κ2) is 8.46. The van der Waals surface area contributed by atoms with E-state index in [9.17, 15) is 4.79 Å².